The average molecular weight is 367 g/mol. The average Bonchev–Trinajstić information content (AvgIpc) is 2.61. The van der Waals surface area contributed by atoms with Gasteiger partial charge in [-0.2, -0.15) is 0 Å². The third kappa shape index (κ3) is 4.33. The van der Waals surface area contributed by atoms with E-state index in [0.717, 1.165) is 17.5 Å². The van der Waals surface area contributed by atoms with Gasteiger partial charge in [0.25, 0.3) is 0 Å². The van der Waals surface area contributed by atoms with Crippen molar-refractivity contribution in [3.05, 3.63) is 71.3 Å². The van der Waals surface area contributed by atoms with Crippen LogP contribution >= 0.6 is 0 Å². The highest BCUT2D eigenvalue weighted by molar-refractivity contribution is 5.70. The number of hydrogen-bond acceptors (Lipinski definition) is 3. The molecule has 4 nitrogen and oxygen atoms in total. The zero-order chi connectivity index (χ0) is 19.7. The maximum Gasteiger partial charge on any atom is 0.411 e. The highest BCUT2D eigenvalue weighted by Crippen LogP contribution is 2.41. The zero-order valence-corrected chi connectivity index (χ0v) is 16.7. The second-order valence-corrected chi connectivity index (χ2v) is 8.42. The Hall–Kier alpha value is -2.33. The molecule has 3 rings (SSSR count). The van der Waals surface area contributed by atoms with Gasteiger partial charge in [-0.1, -0.05) is 60.2 Å². The van der Waals surface area contributed by atoms with Crippen LogP contribution in [0.15, 0.2) is 54.6 Å². The molecular weight excluding hydrogens is 336 g/mol. The van der Waals surface area contributed by atoms with Crippen molar-refractivity contribution in [2.75, 3.05) is 6.54 Å². The van der Waals surface area contributed by atoms with Crippen molar-refractivity contribution in [1.82, 2.24) is 4.90 Å². The van der Waals surface area contributed by atoms with E-state index in [2.05, 4.69) is 31.2 Å². The van der Waals surface area contributed by atoms with Crippen LogP contribution in [-0.4, -0.2) is 23.1 Å². The third-order valence-corrected chi connectivity index (χ3v) is 5.34. The van der Waals surface area contributed by atoms with Gasteiger partial charge in [-0.15, -0.1) is 0 Å². The van der Waals surface area contributed by atoms with Crippen molar-refractivity contribution in [1.29, 1.82) is 0 Å². The number of nitrogens with zero attached hydrogens (tertiary/aromatic N) is 1. The number of carbonyl (C=O) groups excluding carboxylic acids is 1. The summed E-state index contributed by atoms with van der Waals surface area (Å²) < 4.78 is 6.12. The van der Waals surface area contributed by atoms with Gasteiger partial charge in [0.05, 0.1) is 6.04 Å². The Labute approximate surface area is 162 Å². The van der Waals surface area contributed by atoms with Crippen molar-refractivity contribution < 1.29 is 9.53 Å². The van der Waals surface area contributed by atoms with Gasteiger partial charge in [0.2, 0.25) is 0 Å². The molecule has 144 valence electrons. The number of rotatable bonds is 5. The summed E-state index contributed by atoms with van der Waals surface area (Å²) in [6.45, 7) is 8.71. The fraction of sp³-hybridized carbons (Fsp3) is 0.435. The van der Waals surface area contributed by atoms with Gasteiger partial charge in [-0.25, -0.2) is 4.79 Å². The summed E-state index contributed by atoms with van der Waals surface area (Å²) in [4.78, 5) is 14.8. The molecule has 2 aromatic rings. The first kappa shape index (κ1) is 19.4. The zero-order valence-electron chi connectivity index (χ0n) is 16.7. The lowest BCUT2D eigenvalue weighted by Gasteiger charge is -2.45. The van der Waals surface area contributed by atoms with Crippen LogP contribution in [0.3, 0.4) is 0 Å². The summed E-state index contributed by atoms with van der Waals surface area (Å²) in [6, 6.07) is 18.3. The summed E-state index contributed by atoms with van der Waals surface area (Å²) >= 11 is 0. The quantitative estimate of drug-likeness (QED) is 0.817. The molecule has 0 aromatic heterocycles. The Bertz CT molecular complexity index is 780. The Morgan fingerprint density at radius 1 is 1.15 bits per heavy atom. The monoisotopic (exact) mass is 366 g/mol. The van der Waals surface area contributed by atoms with Crippen molar-refractivity contribution in [2.45, 2.75) is 57.7 Å². The molecule has 0 spiro atoms. The molecule has 0 saturated carbocycles. The molecule has 2 aromatic carbocycles. The lowest BCUT2D eigenvalue weighted by molar-refractivity contribution is -0.0738. The topological polar surface area (TPSA) is 55.6 Å². The second kappa shape index (κ2) is 7.35. The van der Waals surface area contributed by atoms with E-state index in [9.17, 15) is 4.79 Å². The Balaban J connectivity index is 1.85. The van der Waals surface area contributed by atoms with Gasteiger partial charge in [0.15, 0.2) is 0 Å². The molecule has 0 radical (unpaired) electrons. The number of carbonyl (C=O) groups is 1. The van der Waals surface area contributed by atoms with Gasteiger partial charge >= 0.3 is 6.09 Å². The van der Waals surface area contributed by atoms with Gasteiger partial charge in [0.1, 0.15) is 5.60 Å². The first-order valence-corrected chi connectivity index (χ1v) is 9.61. The highest BCUT2D eigenvalue weighted by Gasteiger charge is 2.45. The maximum atomic E-state index is 13.0. The molecule has 2 atom stereocenters. The lowest BCUT2D eigenvalue weighted by Crippen LogP contribution is -2.52. The van der Waals surface area contributed by atoms with E-state index in [-0.39, 0.29) is 12.1 Å². The molecule has 4 heteroatoms. The highest BCUT2D eigenvalue weighted by atomic mass is 16.6. The van der Waals surface area contributed by atoms with Crippen molar-refractivity contribution in [3.8, 4) is 0 Å². The molecule has 1 saturated heterocycles. The minimum atomic E-state index is -0.680. The largest absolute Gasteiger partial charge is 0.438 e. The Morgan fingerprint density at radius 3 is 2.33 bits per heavy atom. The molecule has 2 N–H and O–H groups in total. The number of hydrogen-bond donors (Lipinski definition) is 1. The molecule has 1 amide bonds. The van der Waals surface area contributed by atoms with Crippen LogP contribution < -0.4 is 5.73 Å². The van der Waals surface area contributed by atoms with Crippen LogP contribution in [-0.2, 0) is 10.3 Å². The number of nitrogens with two attached hydrogens (primary N) is 1. The minimum absolute atomic E-state index is 0.0299. The predicted molar refractivity (Wildman–Crippen MR) is 108 cm³/mol. The number of amides is 1. The summed E-state index contributed by atoms with van der Waals surface area (Å²) in [6.07, 6.45) is 1.03. The van der Waals surface area contributed by atoms with Crippen molar-refractivity contribution >= 4 is 6.09 Å². The smallest absolute Gasteiger partial charge is 0.411 e. The van der Waals surface area contributed by atoms with Crippen LogP contribution in [0.4, 0.5) is 4.79 Å². The van der Waals surface area contributed by atoms with E-state index in [1.165, 1.54) is 5.56 Å². The molecular formula is C23H30N2O2. The van der Waals surface area contributed by atoms with Crippen molar-refractivity contribution in [3.63, 3.8) is 0 Å². The van der Waals surface area contributed by atoms with Crippen LogP contribution in [0.25, 0.3) is 0 Å². The fourth-order valence-corrected chi connectivity index (χ4v) is 3.95. The van der Waals surface area contributed by atoms with Crippen LogP contribution in [0.1, 0.15) is 56.3 Å². The second-order valence-electron chi connectivity index (χ2n) is 8.42. The van der Waals surface area contributed by atoms with E-state index in [1.807, 2.05) is 56.0 Å². The summed E-state index contributed by atoms with van der Waals surface area (Å²) in [5.41, 5.74) is 8.54. The number of ether oxygens (including phenoxy) is 1. The fourth-order valence-electron chi connectivity index (χ4n) is 3.95. The summed E-state index contributed by atoms with van der Waals surface area (Å²) in [7, 11) is 0. The van der Waals surface area contributed by atoms with Gasteiger partial charge < -0.3 is 15.4 Å². The van der Waals surface area contributed by atoms with Gasteiger partial charge in [-0.3, -0.25) is 0 Å². The molecule has 0 bridgehead atoms. The molecule has 0 unspecified atom stereocenters. The molecule has 1 aliphatic heterocycles. The SMILES string of the molecule is Cc1ccc([C@H](C)N2CC[C@](CC(C)(C)N)(c3ccccc3)OC2=O)cc1. The van der Waals surface area contributed by atoms with E-state index in [1.54, 1.807) is 0 Å². The Morgan fingerprint density at radius 2 is 1.78 bits per heavy atom. The third-order valence-electron chi connectivity index (χ3n) is 5.34. The van der Waals surface area contributed by atoms with Crippen LogP contribution in [0.5, 0.6) is 0 Å². The van der Waals surface area contributed by atoms with Gasteiger partial charge in [-0.05, 0) is 38.8 Å². The van der Waals surface area contributed by atoms with Crippen molar-refractivity contribution in [2.24, 2.45) is 5.73 Å². The standard InChI is InChI=1S/C23H30N2O2/c1-17-10-12-19(13-11-17)18(2)25-15-14-23(27-21(25)26,16-22(3,4)24)20-8-6-5-7-9-20/h5-13,18H,14-16,24H2,1-4H3/t18-,23-/m0/s1. The van der Waals surface area contributed by atoms with E-state index in [4.69, 9.17) is 10.5 Å². The van der Waals surface area contributed by atoms with Gasteiger partial charge in [0, 0.05) is 24.9 Å². The number of cyclic esters (lactones) is 1. The molecule has 0 aliphatic carbocycles. The lowest BCUT2D eigenvalue weighted by atomic mass is 9.79. The summed E-state index contributed by atoms with van der Waals surface area (Å²) in [5, 5.41) is 0. The first-order valence-electron chi connectivity index (χ1n) is 9.61. The maximum absolute atomic E-state index is 13.0. The molecule has 27 heavy (non-hydrogen) atoms. The molecule has 1 heterocycles. The number of benzene rings is 2. The summed E-state index contributed by atoms with van der Waals surface area (Å²) in [5.74, 6) is 0. The normalized spacial score (nSPS) is 21.7. The predicted octanol–water partition coefficient (Wildman–Crippen LogP) is 4.92. The Kier molecular flexibility index (Phi) is 5.29. The molecule has 1 aliphatic rings. The van der Waals surface area contributed by atoms with Crippen LogP contribution in [0.2, 0.25) is 0 Å². The first-order chi connectivity index (χ1) is 12.7. The van der Waals surface area contributed by atoms with E-state index < -0.39 is 11.1 Å². The van der Waals surface area contributed by atoms with E-state index in [0.29, 0.717) is 13.0 Å². The van der Waals surface area contributed by atoms with E-state index >= 15 is 0 Å². The molecule has 1 fully saturated rings. The number of aryl methyl sites for hydroxylation is 1. The van der Waals surface area contributed by atoms with Crippen LogP contribution in [0, 0.1) is 6.92 Å². The minimum Gasteiger partial charge on any atom is -0.438 e.